The summed E-state index contributed by atoms with van der Waals surface area (Å²) in [7, 11) is 2.43. The van der Waals surface area contributed by atoms with Crippen LogP contribution in [0.4, 0.5) is 11.4 Å². The summed E-state index contributed by atoms with van der Waals surface area (Å²) in [4.78, 5) is 0. The molecule has 1 aromatic heterocycles. The van der Waals surface area contributed by atoms with Gasteiger partial charge in [-0.15, -0.1) is 0 Å². The molecule has 2 heterocycles. The maximum absolute atomic E-state index is 3.94. The number of hydrogen-bond acceptors (Lipinski definition) is 1. The Morgan fingerprint density at radius 3 is 1.98 bits per heavy atom. The van der Waals surface area contributed by atoms with Crippen molar-refractivity contribution in [1.29, 1.82) is 0 Å². The largest absolute Gasteiger partial charge is 0.355 e. The molecule has 8 aromatic carbocycles. The Morgan fingerprint density at radius 1 is 0.519 bits per heavy atom. The summed E-state index contributed by atoms with van der Waals surface area (Å²) in [5.74, 6) is 0. The number of fused-ring (bicyclic) bond motifs is 8. The third-order valence-electron chi connectivity index (χ3n) is 11.8. The van der Waals surface area contributed by atoms with Crippen molar-refractivity contribution in [3.05, 3.63) is 187 Å². The Labute approximate surface area is 316 Å². The highest BCUT2D eigenvalue weighted by Crippen LogP contribution is 2.54. The van der Waals surface area contributed by atoms with Crippen LogP contribution in [-0.4, -0.2) is 11.8 Å². The molecule has 2 aliphatic rings. The van der Waals surface area contributed by atoms with Crippen molar-refractivity contribution in [2.24, 2.45) is 0 Å². The first-order valence-corrected chi connectivity index (χ1v) is 18.9. The molecule has 3 heteroatoms. The minimum absolute atomic E-state index is 0.121. The van der Waals surface area contributed by atoms with E-state index < -0.39 is 0 Å². The zero-order valence-corrected chi connectivity index (χ0v) is 30.3. The zero-order chi connectivity index (χ0) is 36.0. The van der Waals surface area contributed by atoms with E-state index in [0.29, 0.717) is 0 Å². The fraction of sp³-hybridized carbons (Fsp3) is 0.0588. The summed E-state index contributed by atoms with van der Waals surface area (Å²) in [5.41, 5.74) is 19.7. The summed E-state index contributed by atoms with van der Waals surface area (Å²) >= 11 is 0. The molecule has 1 radical (unpaired) electrons. The minimum Gasteiger partial charge on any atom is -0.355 e. The molecule has 9 aromatic rings. The average Bonchev–Trinajstić information content (AvgIpc) is 3.70. The molecule has 0 spiro atoms. The summed E-state index contributed by atoms with van der Waals surface area (Å²) in [5, 5.41) is 7.67. The lowest BCUT2D eigenvalue weighted by molar-refractivity contribution is 0.666. The van der Waals surface area contributed by atoms with Crippen LogP contribution in [0, 0.1) is 0 Å². The van der Waals surface area contributed by atoms with Crippen molar-refractivity contribution >= 4 is 51.3 Å². The first-order chi connectivity index (χ1) is 26.5. The van der Waals surface area contributed by atoms with E-state index in [-0.39, 0.29) is 5.41 Å². The fourth-order valence-corrected chi connectivity index (χ4v) is 9.28. The molecule has 0 amide bonds. The molecule has 1 aliphatic carbocycles. The van der Waals surface area contributed by atoms with Gasteiger partial charge in [0, 0.05) is 44.2 Å². The first kappa shape index (κ1) is 31.0. The van der Waals surface area contributed by atoms with Gasteiger partial charge in [0.25, 0.3) is 0 Å². The standard InChI is InChI=1S/C51H36BN2/c1-51(2)43-22-12-11-20-40(43)50-46(51)41-21-13-23-44-49(41)54(50)45-31-36(33-16-7-4-8-17-33)30-42(47(45)52-44)39-29-26-35-18-9-10-19-38(35)48(39)53-37-27-24-34(25-28-37)32-14-5-3-6-15-32/h3-31,53H,1-2H3. The van der Waals surface area contributed by atoms with Gasteiger partial charge < -0.3 is 9.88 Å². The van der Waals surface area contributed by atoms with E-state index in [1.54, 1.807) is 0 Å². The molecule has 0 unspecified atom stereocenters. The lowest BCUT2D eigenvalue weighted by atomic mass is 9.58. The number of nitrogens with zero attached hydrogens (tertiary/aromatic N) is 1. The molecule has 2 nitrogen and oxygen atoms in total. The highest BCUT2D eigenvalue weighted by atomic mass is 15.0. The van der Waals surface area contributed by atoms with E-state index in [0.717, 1.165) is 11.4 Å². The van der Waals surface area contributed by atoms with Crippen molar-refractivity contribution < 1.29 is 0 Å². The van der Waals surface area contributed by atoms with Gasteiger partial charge in [-0.1, -0.05) is 171 Å². The van der Waals surface area contributed by atoms with E-state index >= 15 is 0 Å². The third-order valence-corrected chi connectivity index (χ3v) is 11.8. The Kier molecular flexibility index (Phi) is 6.72. The Balaban J connectivity index is 1.18. The van der Waals surface area contributed by atoms with Gasteiger partial charge in [0.15, 0.2) is 7.28 Å². The minimum atomic E-state index is -0.121. The molecule has 0 saturated carbocycles. The van der Waals surface area contributed by atoms with Crippen molar-refractivity contribution in [3.8, 4) is 50.3 Å². The van der Waals surface area contributed by atoms with Crippen LogP contribution in [0.25, 0.3) is 72.0 Å². The lowest BCUT2D eigenvalue weighted by Gasteiger charge is -2.27. The van der Waals surface area contributed by atoms with Gasteiger partial charge >= 0.3 is 0 Å². The number of nitrogens with one attached hydrogen (secondary N) is 1. The maximum Gasteiger partial charge on any atom is 0.197 e. The molecule has 0 atom stereocenters. The van der Waals surface area contributed by atoms with Crippen LogP contribution in [-0.2, 0) is 5.41 Å². The second-order valence-corrected chi connectivity index (χ2v) is 15.2. The van der Waals surface area contributed by atoms with Crippen LogP contribution in [0.5, 0.6) is 0 Å². The van der Waals surface area contributed by atoms with Crippen LogP contribution in [0.1, 0.15) is 25.0 Å². The van der Waals surface area contributed by atoms with E-state index in [2.05, 4.69) is 207 Å². The van der Waals surface area contributed by atoms with Crippen molar-refractivity contribution in [1.82, 2.24) is 4.57 Å². The molecular weight excluding hydrogens is 651 g/mol. The smallest absolute Gasteiger partial charge is 0.197 e. The maximum atomic E-state index is 3.94. The predicted octanol–water partition coefficient (Wildman–Crippen LogP) is 11.8. The van der Waals surface area contributed by atoms with Crippen molar-refractivity contribution in [3.63, 3.8) is 0 Å². The molecule has 1 aliphatic heterocycles. The molecule has 11 rings (SSSR count). The lowest BCUT2D eigenvalue weighted by Crippen LogP contribution is -2.37. The van der Waals surface area contributed by atoms with E-state index in [1.807, 2.05) is 0 Å². The topological polar surface area (TPSA) is 17.0 Å². The Hall–Kier alpha value is -6.58. The van der Waals surface area contributed by atoms with Gasteiger partial charge in [-0.2, -0.15) is 0 Å². The van der Waals surface area contributed by atoms with Crippen molar-refractivity contribution in [2.45, 2.75) is 19.3 Å². The van der Waals surface area contributed by atoms with Gasteiger partial charge in [0.2, 0.25) is 0 Å². The zero-order valence-electron chi connectivity index (χ0n) is 30.3. The fourth-order valence-electron chi connectivity index (χ4n) is 9.28. The molecule has 1 N–H and O–H groups in total. The first-order valence-electron chi connectivity index (χ1n) is 18.9. The molecule has 253 valence electrons. The number of para-hydroxylation sites is 1. The van der Waals surface area contributed by atoms with E-state index in [4.69, 9.17) is 0 Å². The Bertz CT molecular complexity index is 2940. The van der Waals surface area contributed by atoms with Gasteiger partial charge in [0.1, 0.15) is 0 Å². The van der Waals surface area contributed by atoms with Crippen LogP contribution in [0.15, 0.2) is 176 Å². The summed E-state index contributed by atoms with van der Waals surface area (Å²) < 4.78 is 2.59. The van der Waals surface area contributed by atoms with Crippen LogP contribution >= 0.6 is 0 Å². The Morgan fingerprint density at radius 2 is 1.19 bits per heavy atom. The summed E-state index contributed by atoms with van der Waals surface area (Å²) in [6, 6.07) is 64.3. The third kappa shape index (κ3) is 4.55. The van der Waals surface area contributed by atoms with Gasteiger partial charge in [0.05, 0.1) is 11.4 Å². The molecule has 0 fully saturated rings. The highest BCUT2D eigenvalue weighted by molar-refractivity contribution is 6.73. The summed E-state index contributed by atoms with van der Waals surface area (Å²) in [6.07, 6.45) is 0. The van der Waals surface area contributed by atoms with Crippen LogP contribution < -0.4 is 16.2 Å². The summed E-state index contributed by atoms with van der Waals surface area (Å²) in [6.45, 7) is 4.78. The van der Waals surface area contributed by atoms with Gasteiger partial charge in [-0.3, -0.25) is 0 Å². The second kappa shape index (κ2) is 11.7. The van der Waals surface area contributed by atoms with Crippen molar-refractivity contribution in [2.75, 3.05) is 5.32 Å². The number of hydrogen-bond donors (Lipinski definition) is 1. The van der Waals surface area contributed by atoms with E-state index in [1.165, 1.54) is 94.1 Å². The van der Waals surface area contributed by atoms with E-state index in [9.17, 15) is 0 Å². The molecule has 0 bridgehead atoms. The van der Waals surface area contributed by atoms with Crippen LogP contribution in [0.3, 0.4) is 0 Å². The molecular formula is C51H36BN2. The quantitative estimate of drug-likeness (QED) is 0.178. The van der Waals surface area contributed by atoms with Crippen LogP contribution in [0.2, 0.25) is 0 Å². The highest BCUT2D eigenvalue weighted by Gasteiger charge is 2.42. The average molecular weight is 688 g/mol. The molecule has 0 saturated heterocycles. The normalized spacial score (nSPS) is 13.3. The van der Waals surface area contributed by atoms with Gasteiger partial charge in [-0.05, 0) is 74.1 Å². The number of aromatic nitrogens is 1. The second-order valence-electron chi connectivity index (χ2n) is 15.2. The molecule has 54 heavy (non-hydrogen) atoms. The predicted molar refractivity (Wildman–Crippen MR) is 229 cm³/mol. The monoisotopic (exact) mass is 687 g/mol. The number of benzene rings is 8. The number of rotatable bonds is 5. The number of anilines is 2. The van der Waals surface area contributed by atoms with Gasteiger partial charge in [-0.25, -0.2) is 0 Å². The SMILES string of the molecule is CC1(C)c2ccccc2-c2c1c1cccc3c1n2-c1cc(-c2ccccc2)cc(-c2ccc4ccccc4c2Nc2ccc(-c4ccccc4)cc2)c1[B]3.